The summed E-state index contributed by atoms with van der Waals surface area (Å²) in [6, 6.07) is 12.1. The van der Waals surface area contributed by atoms with Gasteiger partial charge >= 0.3 is 0 Å². The van der Waals surface area contributed by atoms with Crippen LogP contribution in [0.5, 0.6) is 5.75 Å². The summed E-state index contributed by atoms with van der Waals surface area (Å²) in [6.45, 7) is 0.927. The van der Waals surface area contributed by atoms with Gasteiger partial charge in [-0.3, -0.25) is 9.59 Å². The standard InChI is InChI=1S/C23H26F2N2O4/c24-17-8-9-19(20(25)13-17)21(28)14-26-23(30)16-5-4-11-27(15-16)22(29)10-12-31-18-6-2-1-3-7-18/h1-3,6-9,13,16,21,28H,4-5,10-12,14-15H2,(H,26,30). The third-order valence-corrected chi connectivity index (χ3v) is 5.26. The van der Waals surface area contributed by atoms with E-state index in [1.165, 1.54) is 0 Å². The summed E-state index contributed by atoms with van der Waals surface area (Å²) in [5.74, 6) is -1.70. The number of piperidine rings is 1. The van der Waals surface area contributed by atoms with Crippen molar-refractivity contribution < 1.29 is 28.2 Å². The van der Waals surface area contributed by atoms with Crippen molar-refractivity contribution in [2.24, 2.45) is 5.92 Å². The monoisotopic (exact) mass is 432 g/mol. The van der Waals surface area contributed by atoms with Crippen LogP contribution in [-0.2, 0) is 9.59 Å². The third kappa shape index (κ3) is 6.49. The number of carbonyl (C=O) groups is 2. The number of hydrogen-bond donors (Lipinski definition) is 2. The van der Waals surface area contributed by atoms with Crippen LogP contribution in [0.15, 0.2) is 48.5 Å². The second kappa shape index (κ2) is 10.9. The normalized spacial score (nSPS) is 17.1. The molecule has 0 saturated carbocycles. The van der Waals surface area contributed by atoms with Gasteiger partial charge in [0.1, 0.15) is 17.4 Å². The van der Waals surface area contributed by atoms with E-state index in [2.05, 4.69) is 5.32 Å². The molecule has 2 N–H and O–H groups in total. The smallest absolute Gasteiger partial charge is 0.226 e. The van der Waals surface area contributed by atoms with Crippen LogP contribution < -0.4 is 10.1 Å². The summed E-state index contributed by atoms with van der Waals surface area (Å²) < 4.78 is 32.3. The number of nitrogens with one attached hydrogen (secondary N) is 1. The lowest BCUT2D eigenvalue weighted by Gasteiger charge is -2.32. The fourth-order valence-electron chi connectivity index (χ4n) is 3.57. The maximum Gasteiger partial charge on any atom is 0.226 e. The molecule has 166 valence electrons. The van der Waals surface area contributed by atoms with Crippen LogP contribution in [0, 0.1) is 17.6 Å². The van der Waals surface area contributed by atoms with E-state index in [1.807, 2.05) is 30.3 Å². The number of aliphatic hydroxyl groups excluding tert-OH is 1. The van der Waals surface area contributed by atoms with Gasteiger partial charge in [0.05, 0.1) is 25.0 Å². The lowest BCUT2D eigenvalue weighted by atomic mass is 9.96. The number of para-hydroxylation sites is 1. The van der Waals surface area contributed by atoms with Gasteiger partial charge in [0, 0.05) is 31.3 Å². The molecule has 1 aliphatic rings. The number of benzene rings is 2. The average molecular weight is 432 g/mol. The van der Waals surface area contributed by atoms with Gasteiger partial charge < -0.3 is 20.1 Å². The van der Waals surface area contributed by atoms with E-state index >= 15 is 0 Å². The number of aliphatic hydroxyl groups is 1. The molecule has 1 aliphatic heterocycles. The Kier molecular flexibility index (Phi) is 7.94. The number of rotatable bonds is 8. The topological polar surface area (TPSA) is 78.9 Å². The zero-order chi connectivity index (χ0) is 22.2. The molecule has 3 rings (SSSR count). The van der Waals surface area contributed by atoms with Crippen molar-refractivity contribution >= 4 is 11.8 Å². The molecular formula is C23H26F2N2O4. The van der Waals surface area contributed by atoms with E-state index in [1.54, 1.807) is 4.90 Å². The Labute approximate surface area is 179 Å². The number of halogens is 2. The van der Waals surface area contributed by atoms with E-state index in [4.69, 9.17) is 4.74 Å². The summed E-state index contributed by atoms with van der Waals surface area (Å²) in [7, 11) is 0. The van der Waals surface area contributed by atoms with Crippen LogP contribution in [0.4, 0.5) is 8.78 Å². The molecule has 0 radical (unpaired) electrons. The quantitative estimate of drug-likeness (QED) is 0.673. The molecule has 0 aliphatic carbocycles. The van der Waals surface area contributed by atoms with Gasteiger partial charge in [-0.15, -0.1) is 0 Å². The zero-order valence-electron chi connectivity index (χ0n) is 17.1. The summed E-state index contributed by atoms with van der Waals surface area (Å²) >= 11 is 0. The molecule has 6 nitrogen and oxygen atoms in total. The maximum absolute atomic E-state index is 13.8. The molecule has 2 atom stereocenters. The highest BCUT2D eigenvalue weighted by atomic mass is 19.1. The molecule has 2 aromatic rings. The molecule has 0 spiro atoms. The Morgan fingerprint density at radius 1 is 1.19 bits per heavy atom. The van der Waals surface area contributed by atoms with Crippen molar-refractivity contribution in [2.75, 3.05) is 26.2 Å². The van der Waals surface area contributed by atoms with Gasteiger partial charge in [-0.05, 0) is 31.0 Å². The lowest BCUT2D eigenvalue weighted by molar-refractivity contribution is -0.136. The Morgan fingerprint density at radius 2 is 1.97 bits per heavy atom. The van der Waals surface area contributed by atoms with Gasteiger partial charge in [0.25, 0.3) is 0 Å². The molecule has 1 saturated heterocycles. The van der Waals surface area contributed by atoms with Crippen LogP contribution >= 0.6 is 0 Å². The molecule has 1 heterocycles. The van der Waals surface area contributed by atoms with Crippen molar-refractivity contribution in [1.82, 2.24) is 10.2 Å². The van der Waals surface area contributed by atoms with Gasteiger partial charge in [-0.1, -0.05) is 24.3 Å². The Balaban J connectivity index is 1.44. The zero-order valence-corrected chi connectivity index (χ0v) is 17.1. The first kappa shape index (κ1) is 22.7. The second-order valence-electron chi connectivity index (χ2n) is 7.52. The molecule has 1 fully saturated rings. The van der Waals surface area contributed by atoms with Crippen LogP contribution in [0.1, 0.15) is 30.9 Å². The van der Waals surface area contributed by atoms with E-state index in [0.717, 1.165) is 12.1 Å². The predicted octanol–water partition coefficient (Wildman–Crippen LogP) is 2.82. The van der Waals surface area contributed by atoms with Crippen LogP contribution in [0.3, 0.4) is 0 Å². The van der Waals surface area contributed by atoms with Crippen LogP contribution in [-0.4, -0.2) is 48.1 Å². The Hall–Kier alpha value is -3.00. The molecule has 2 amide bonds. The highest BCUT2D eigenvalue weighted by Crippen LogP contribution is 2.20. The number of likely N-dealkylation sites (tertiary alicyclic amines) is 1. The largest absolute Gasteiger partial charge is 0.493 e. The number of ether oxygens (including phenoxy) is 1. The van der Waals surface area contributed by atoms with Crippen LogP contribution in [0.25, 0.3) is 0 Å². The number of hydrogen-bond acceptors (Lipinski definition) is 4. The molecule has 0 aromatic heterocycles. The SMILES string of the molecule is O=C(NCC(O)c1ccc(F)cc1F)C1CCCN(C(=O)CCOc2ccccc2)C1. The summed E-state index contributed by atoms with van der Waals surface area (Å²) in [6.07, 6.45) is 0.238. The molecule has 2 aromatic carbocycles. The summed E-state index contributed by atoms with van der Waals surface area (Å²) in [5, 5.41) is 12.7. The van der Waals surface area contributed by atoms with Crippen molar-refractivity contribution in [2.45, 2.75) is 25.4 Å². The van der Waals surface area contributed by atoms with Gasteiger partial charge in [-0.2, -0.15) is 0 Å². The number of nitrogens with zero attached hydrogens (tertiary/aromatic N) is 1. The highest BCUT2D eigenvalue weighted by molar-refractivity contribution is 5.81. The second-order valence-corrected chi connectivity index (χ2v) is 7.52. The van der Waals surface area contributed by atoms with Crippen molar-refractivity contribution in [1.29, 1.82) is 0 Å². The summed E-state index contributed by atoms with van der Waals surface area (Å²) in [4.78, 5) is 26.6. The Bertz CT molecular complexity index is 894. The van der Waals surface area contributed by atoms with Crippen LogP contribution in [0.2, 0.25) is 0 Å². The molecule has 8 heteroatoms. The first-order valence-electron chi connectivity index (χ1n) is 10.3. The minimum atomic E-state index is -1.29. The first-order valence-corrected chi connectivity index (χ1v) is 10.3. The maximum atomic E-state index is 13.8. The minimum Gasteiger partial charge on any atom is -0.493 e. The molecule has 2 unspecified atom stereocenters. The van der Waals surface area contributed by atoms with Gasteiger partial charge in [0.2, 0.25) is 11.8 Å². The van der Waals surface area contributed by atoms with Crippen molar-refractivity contribution in [3.8, 4) is 5.75 Å². The first-order chi connectivity index (χ1) is 14.9. The van der Waals surface area contributed by atoms with E-state index < -0.39 is 23.7 Å². The van der Waals surface area contributed by atoms with E-state index in [0.29, 0.717) is 31.2 Å². The highest BCUT2D eigenvalue weighted by Gasteiger charge is 2.28. The number of carbonyl (C=O) groups excluding carboxylic acids is 2. The van der Waals surface area contributed by atoms with Crippen molar-refractivity contribution in [3.05, 3.63) is 65.7 Å². The minimum absolute atomic E-state index is 0.0816. The van der Waals surface area contributed by atoms with Crippen molar-refractivity contribution in [3.63, 3.8) is 0 Å². The van der Waals surface area contributed by atoms with E-state index in [-0.39, 0.29) is 43.5 Å². The summed E-state index contributed by atoms with van der Waals surface area (Å²) in [5.41, 5.74) is -0.0828. The van der Waals surface area contributed by atoms with Gasteiger partial charge in [0.15, 0.2) is 0 Å². The molecular weight excluding hydrogens is 406 g/mol. The molecule has 0 bridgehead atoms. The Morgan fingerprint density at radius 3 is 2.71 bits per heavy atom. The lowest BCUT2D eigenvalue weighted by Crippen LogP contribution is -2.46. The van der Waals surface area contributed by atoms with E-state index in [9.17, 15) is 23.5 Å². The number of amides is 2. The molecule has 31 heavy (non-hydrogen) atoms. The fraction of sp³-hybridized carbons (Fsp3) is 0.391. The third-order valence-electron chi connectivity index (χ3n) is 5.26. The average Bonchev–Trinajstić information content (AvgIpc) is 2.78. The predicted molar refractivity (Wildman–Crippen MR) is 110 cm³/mol. The fourth-order valence-corrected chi connectivity index (χ4v) is 3.57. The van der Waals surface area contributed by atoms with Gasteiger partial charge in [-0.25, -0.2) is 8.78 Å².